The van der Waals surface area contributed by atoms with Crippen LogP contribution in [0.4, 0.5) is 0 Å². The third-order valence-electron chi connectivity index (χ3n) is 2.26. The van der Waals surface area contributed by atoms with Crippen molar-refractivity contribution >= 4 is 27.5 Å². The van der Waals surface area contributed by atoms with Gasteiger partial charge in [-0.05, 0) is 31.2 Å². The van der Waals surface area contributed by atoms with Crippen molar-refractivity contribution < 1.29 is 18.3 Å². The lowest BCUT2D eigenvalue weighted by molar-refractivity contribution is -0.122. The summed E-state index contributed by atoms with van der Waals surface area (Å²) in [5, 5.41) is 11.4. The normalized spacial score (nSPS) is 13.0. The number of hydrogen-bond donors (Lipinski definition) is 3. The van der Waals surface area contributed by atoms with Gasteiger partial charge in [0.25, 0.3) is 0 Å². The van der Waals surface area contributed by atoms with Crippen LogP contribution in [0.5, 0.6) is 0 Å². The van der Waals surface area contributed by atoms with Gasteiger partial charge in [-0.2, -0.15) is 4.72 Å². The van der Waals surface area contributed by atoms with Crippen molar-refractivity contribution in [2.24, 2.45) is 0 Å². The SMILES string of the molecule is C[C@@H](NS(=O)(=O)c1ccc(Cl)cc1)C(=O)NCCO. The van der Waals surface area contributed by atoms with Gasteiger partial charge < -0.3 is 10.4 Å². The molecular formula is C11H15ClN2O4S. The van der Waals surface area contributed by atoms with Gasteiger partial charge in [-0.15, -0.1) is 0 Å². The van der Waals surface area contributed by atoms with Crippen LogP contribution in [0.1, 0.15) is 6.92 Å². The van der Waals surface area contributed by atoms with Crippen LogP contribution in [0.25, 0.3) is 0 Å². The highest BCUT2D eigenvalue weighted by molar-refractivity contribution is 7.89. The number of hydrogen-bond acceptors (Lipinski definition) is 4. The van der Waals surface area contributed by atoms with Crippen molar-refractivity contribution in [3.8, 4) is 0 Å². The average Bonchev–Trinajstić information content (AvgIpc) is 2.35. The molecule has 0 aromatic heterocycles. The van der Waals surface area contributed by atoms with E-state index in [0.717, 1.165) is 0 Å². The Morgan fingerprint density at radius 3 is 2.47 bits per heavy atom. The predicted octanol–water partition coefficient (Wildman–Crippen LogP) is 0.115. The second kappa shape index (κ2) is 6.85. The highest BCUT2D eigenvalue weighted by Gasteiger charge is 2.21. The summed E-state index contributed by atoms with van der Waals surface area (Å²) in [6.07, 6.45) is 0. The molecule has 19 heavy (non-hydrogen) atoms. The molecule has 0 spiro atoms. The molecule has 0 aliphatic carbocycles. The summed E-state index contributed by atoms with van der Waals surface area (Å²) < 4.78 is 26.1. The van der Waals surface area contributed by atoms with E-state index >= 15 is 0 Å². The van der Waals surface area contributed by atoms with Crippen LogP contribution in [-0.4, -0.2) is 38.6 Å². The molecule has 0 aliphatic heterocycles. The summed E-state index contributed by atoms with van der Waals surface area (Å²) in [4.78, 5) is 11.5. The zero-order valence-electron chi connectivity index (χ0n) is 10.3. The molecule has 106 valence electrons. The largest absolute Gasteiger partial charge is 0.395 e. The van der Waals surface area contributed by atoms with Crippen LogP contribution in [0, 0.1) is 0 Å². The number of nitrogens with one attached hydrogen (secondary N) is 2. The van der Waals surface area contributed by atoms with Gasteiger partial charge in [0.05, 0.1) is 17.5 Å². The smallest absolute Gasteiger partial charge is 0.241 e. The van der Waals surface area contributed by atoms with Gasteiger partial charge in [0.2, 0.25) is 15.9 Å². The summed E-state index contributed by atoms with van der Waals surface area (Å²) in [6.45, 7) is 1.29. The van der Waals surface area contributed by atoms with E-state index in [2.05, 4.69) is 10.0 Å². The summed E-state index contributed by atoms with van der Waals surface area (Å²) in [5.74, 6) is -0.508. The minimum atomic E-state index is -3.78. The van der Waals surface area contributed by atoms with Gasteiger partial charge >= 0.3 is 0 Å². The fourth-order valence-electron chi connectivity index (χ4n) is 1.30. The Morgan fingerprint density at radius 2 is 1.95 bits per heavy atom. The van der Waals surface area contributed by atoms with E-state index in [9.17, 15) is 13.2 Å². The lowest BCUT2D eigenvalue weighted by Gasteiger charge is -2.14. The highest BCUT2D eigenvalue weighted by Crippen LogP contribution is 2.14. The summed E-state index contributed by atoms with van der Waals surface area (Å²) in [7, 11) is -3.78. The van der Waals surface area contributed by atoms with E-state index in [1.165, 1.54) is 31.2 Å². The molecule has 0 aliphatic rings. The minimum absolute atomic E-state index is 0.0266. The number of carbonyl (C=O) groups is 1. The molecule has 1 aromatic rings. The van der Waals surface area contributed by atoms with E-state index in [4.69, 9.17) is 16.7 Å². The first-order valence-corrected chi connectivity index (χ1v) is 7.39. The van der Waals surface area contributed by atoms with E-state index in [0.29, 0.717) is 5.02 Å². The van der Waals surface area contributed by atoms with Gasteiger partial charge in [-0.25, -0.2) is 8.42 Å². The Kier molecular flexibility index (Phi) is 5.74. The van der Waals surface area contributed by atoms with Crippen LogP contribution in [-0.2, 0) is 14.8 Å². The van der Waals surface area contributed by atoms with Crippen molar-refractivity contribution in [1.82, 2.24) is 10.0 Å². The number of sulfonamides is 1. The summed E-state index contributed by atoms with van der Waals surface area (Å²) in [5.41, 5.74) is 0. The van der Waals surface area contributed by atoms with E-state index in [1.54, 1.807) is 0 Å². The molecule has 1 amide bonds. The van der Waals surface area contributed by atoms with Crippen molar-refractivity contribution in [1.29, 1.82) is 0 Å². The molecule has 3 N–H and O–H groups in total. The lowest BCUT2D eigenvalue weighted by atomic mass is 10.3. The Labute approximate surface area is 116 Å². The number of benzene rings is 1. The molecular weight excluding hydrogens is 292 g/mol. The maximum atomic E-state index is 11.9. The zero-order chi connectivity index (χ0) is 14.5. The number of amides is 1. The molecule has 0 saturated heterocycles. The zero-order valence-corrected chi connectivity index (χ0v) is 11.8. The summed E-state index contributed by atoms with van der Waals surface area (Å²) >= 11 is 5.67. The fraction of sp³-hybridized carbons (Fsp3) is 0.364. The second-order valence-corrected chi connectivity index (χ2v) is 5.96. The molecule has 1 rings (SSSR count). The van der Waals surface area contributed by atoms with E-state index in [-0.39, 0.29) is 18.0 Å². The van der Waals surface area contributed by atoms with Gasteiger partial charge in [0.1, 0.15) is 0 Å². The Bertz CT molecular complexity index is 530. The number of aliphatic hydroxyl groups excluding tert-OH is 1. The molecule has 6 nitrogen and oxygen atoms in total. The predicted molar refractivity (Wildman–Crippen MR) is 71.3 cm³/mol. The maximum Gasteiger partial charge on any atom is 0.241 e. The molecule has 1 atom stereocenters. The topological polar surface area (TPSA) is 95.5 Å². The third kappa shape index (κ3) is 4.79. The second-order valence-electron chi connectivity index (χ2n) is 3.81. The third-order valence-corrected chi connectivity index (χ3v) is 4.07. The number of rotatable bonds is 6. The number of aliphatic hydroxyl groups is 1. The Hall–Kier alpha value is -1.15. The van der Waals surface area contributed by atoms with Crippen LogP contribution in [0.2, 0.25) is 5.02 Å². The van der Waals surface area contributed by atoms with Gasteiger partial charge in [-0.1, -0.05) is 11.6 Å². The first-order valence-electron chi connectivity index (χ1n) is 5.53. The van der Waals surface area contributed by atoms with Crippen molar-refractivity contribution in [3.05, 3.63) is 29.3 Å². The minimum Gasteiger partial charge on any atom is -0.395 e. The van der Waals surface area contributed by atoms with Crippen LogP contribution in [0.3, 0.4) is 0 Å². The van der Waals surface area contributed by atoms with E-state index in [1.807, 2.05) is 0 Å². The molecule has 0 fully saturated rings. The first-order chi connectivity index (χ1) is 8.86. The molecule has 0 unspecified atom stereocenters. The summed E-state index contributed by atoms with van der Waals surface area (Å²) in [6, 6.07) is 4.66. The quantitative estimate of drug-likeness (QED) is 0.695. The van der Waals surface area contributed by atoms with Gasteiger partial charge in [-0.3, -0.25) is 4.79 Å². The Morgan fingerprint density at radius 1 is 1.37 bits per heavy atom. The van der Waals surface area contributed by atoms with Crippen LogP contribution >= 0.6 is 11.6 Å². The molecule has 1 aromatic carbocycles. The number of halogens is 1. The molecule has 0 bridgehead atoms. The molecule has 0 radical (unpaired) electrons. The molecule has 0 saturated carbocycles. The average molecular weight is 307 g/mol. The molecule has 0 heterocycles. The van der Waals surface area contributed by atoms with Crippen molar-refractivity contribution in [2.75, 3.05) is 13.2 Å². The standard InChI is InChI=1S/C11H15ClN2O4S/c1-8(11(16)13-6-7-15)14-19(17,18)10-4-2-9(12)3-5-10/h2-5,8,14-15H,6-7H2,1H3,(H,13,16)/t8-/m1/s1. The fourth-order valence-corrected chi connectivity index (χ4v) is 2.63. The van der Waals surface area contributed by atoms with Crippen molar-refractivity contribution in [2.45, 2.75) is 17.9 Å². The lowest BCUT2D eigenvalue weighted by Crippen LogP contribution is -2.45. The first kappa shape index (κ1) is 15.9. The van der Waals surface area contributed by atoms with E-state index < -0.39 is 22.0 Å². The Balaban J connectivity index is 2.74. The molecule has 8 heteroatoms. The highest BCUT2D eigenvalue weighted by atomic mass is 35.5. The van der Waals surface area contributed by atoms with Crippen molar-refractivity contribution in [3.63, 3.8) is 0 Å². The van der Waals surface area contributed by atoms with Crippen LogP contribution in [0.15, 0.2) is 29.2 Å². The van der Waals surface area contributed by atoms with Gasteiger partial charge in [0, 0.05) is 11.6 Å². The number of carbonyl (C=O) groups excluding carboxylic acids is 1. The monoisotopic (exact) mass is 306 g/mol. The van der Waals surface area contributed by atoms with Gasteiger partial charge in [0.15, 0.2) is 0 Å². The maximum absolute atomic E-state index is 11.9. The van der Waals surface area contributed by atoms with Crippen LogP contribution < -0.4 is 10.0 Å².